The van der Waals surface area contributed by atoms with Gasteiger partial charge in [0.15, 0.2) is 0 Å². The molecular formula is C5H9NO3. The zero-order chi connectivity index (χ0) is 6.85. The van der Waals surface area contributed by atoms with Crippen LogP contribution in [0.4, 0.5) is 0 Å². The predicted molar refractivity (Wildman–Crippen MR) is 30.2 cm³/mol. The number of carboxylic acid groups (broad SMARTS) is 1. The van der Waals surface area contributed by atoms with Crippen molar-refractivity contribution in [2.75, 3.05) is 13.7 Å². The maximum atomic E-state index is 10.1. The van der Waals surface area contributed by atoms with Gasteiger partial charge in [-0.15, -0.1) is 0 Å². The van der Waals surface area contributed by atoms with Crippen LogP contribution in [0.5, 0.6) is 0 Å². The third-order valence-electron chi connectivity index (χ3n) is 1.30. The molecule has 4 nitrogen and oxygen atoms in total. The average molecular weight is 131 g/mol. The fourth-order valence-corrected chi connectivity index (χ4v) is 0.742. The highest BCUT2D eigenvalue weighted by Crippen LogP contribution is 2.09. The molecule has 1 aliphatic heterocycles. The summed E-state index contributed by atoms with van der Waals surface area (Å²) in [6, 6.07) is -0.336. The second kappa shape index (κ2) is 2.33. The van der Waals surface area contributed by atoms with Gasteiger partial charge in [-0.3, -0.25) is 10.1 Å². The smallest absolute Gasteiger partial charge is 0.322 e. The first-order valence-electron chi connectivity index (χ1n) is 2.73. The Hall–Kier alpha value is -0.610. The number of methoxy groups -OCH3 is 1. The van der Waals surface area contributed by atoms with Crippen molar-refractivity contribution in [2.45, 2.75) is 12.1 Å². The molecule has 0 aromatic carbocycles. The van der Waals surface area contributed by atoms with E-state index < -0.39 is 5.97 Å². The molecule has 1 unspecified atom stereocenters. The zero-order valence-electron chi connectivity index (χ0n) is 5.13. The van der Waals surface area contributed by atoms with Crippen molar-refractivity contribution in [3.05, 3.63) is 0 Å². The van der Waals surface area contributed by atoms with E-state index in [4.69, 9.17) is 9.84 Å². The third-order valence-corrected chi connectivity index (χ3v) is 1.30. The van der Waals surface area contributed by atoms with E-state index in [2.05, 4.69) is 5.32 Å². The summed E-state index contributed by atoms with van der Waals surface area (Å²) in [5.41, 5.74) is 0. The van der Waals surface area contributed by atoms with E-state index in [1.165, 1.54) is 0 Å². The van der Waals surface area contributed by atoms with E-state index in [0.29, 0.717) is 6.61 Å². The third kappa shape index (κ3) is 1.40. The number of nitrogens with one attached hydrogen (secondary N) is 1. The summed E-state index contributed by atoms with van der Waals surface area (Å²) in [5.74, 6) is -0.794. The molecule has 1 saturated heterocycles. The second-order valence-electron chi connectivity index (χ2n) is 2.04. The standard InChI is InChI=1S/C5H9NO3/c1-9-2-3-4(6-3)5(7)8/h3-4,6H,2H2,1H3,(H,7,8)/t3-,4?/m0/s1. The van der Waals surface area contributed by atoms with E-state index in [-0.39, 0.29) is 12.1 Å². The molecule has 0 aromatic heterocycles. The molecule has 0 radical (unpaired) electrons. The zero-order valence-corrected chi connectivity index (χ0v) is 5.13. The van der Waals surface area contributed by atoms with Crippen molar-refractivity contribution in [1.29, 1.82) is 0 Å². The number of rotatable bonds is 3. The van der Waals surface area contributed by atoms with Crippen molar-refractivity contribution in [2.24, 2.45) is 0 Å². The largest absolute Gasteiger partial charge is 0.480 e. The number of carbonyl (C=O) groups is 1. The normalized spacial score (nSPS) is 32.1. The second-order valence-corrected chi connectivity index (χ2v) is 2.04. The van der Waals surface area contributed by atoms with Crippen molar-refractivity contribution in [3.8, 4) is 0 Å². The van der Waals surface area contributed by atoms with E-state index in [0.717, 1.165) is 0 Å². The molecule has 2 N–H and O–H groups in total. The van der Waals surface area contributed by atoms with Crippen LogP contribution in [0.2, 0.25) is 0 Å². The lowest BCUT2D eigenvalue weighted by Crippen LogP contribution is -2.11. The van der Waals surface area contributed by atoms with Crippen molar-refractivity contribution >= 4 is 5.97 Å². The number of carboxylic acids is 1. The SMILES string of the molecule is COC[C@@H]1NC1C(=O)O. The number of ether oxygens (including phenoxy) is 1. The summed E-state index contributed by atoms with van der Waals surface area (Å²) in [7, 11) is 1.55. The molecule has 0 spiro atoms. The van der Waals surface area contributed by atoms with Crippen molar-refractivity contribution in [3.63, 3.8) is 0 Å². The molecule has 0 aliphatic carbocycles. The minimum atomic E-state index is -0.794. The molecule has 4 heteroatoms. The van der Waals surface area contributed by atoms with Gasteiger partial charge < -0.3 is 9.84 Å². The Balaban J connectivity index is 2.17. The molecule has 1 aliphatic rings. The predicted octanol–water partition coefficient (Wildman–Crippen LogP) is -0.942. The van der Waals surface area contributed by atoms with Crippen LogP contribution in [0.3, 0.4) is 0 Å². The van der Waals surface area contributed by atoms with E-state index in [9.17, 15) is 4.79 Å². The van der Waals surface area contributed by atoms with Crippen LogP contribution in [-0.4, -0.2) is 36.9 Å². The van der Waals surface area contributed by atoms with Crippen LogP contribution in [0.25, 0.3) is 0 Å². The van der Waals surface area contributed by atoms with Gasteiger partial charge in [0.2, 0.25) is 0 Å². The fourth-order valence-electron chi connectivity index (χ4n) is 0.742. The molecule has 0 aromatic rings. The molecule has 1 heterocycles. The minimum absolute atomic E-state index is 0.0347. The molecule has 2 atom stereocenters. The highest BCUT2D eigenvalue weighted by molar-refractivity contribution is 5.78. The van der Waals surface area contributed by atoms with Gasteiger partial charge in [0.25, 0.3) is 0 Å². The van der Waals surface area contributed by atoms with Crippen molar-refractivity contribution in [1.82, 2.24) is 5.32 Å². The fraction of sp³-hybridized carbons (Fsp3) is 0.800. The summed E-state index contributed by atoms with van der Waals surface area (Å²) in [6.07, 6.45) is 0. The van der Waals surface area contributed by atoms with Crippen LogP contribution in [0.15, 0.2) is 0 Å². The number of hydrogen-bond acceptors (Lipinski definition) is 3. The Bertz CT molecular complexity index is 125. The first kappa shape index (κ1) is 6.51. The van der Waals surface area contributed by atoms with Gasteiger partial charge in [-0.1, -0.05) is 0 Å². The number of hydrogen-bond donors (Lipinski definition) is 2. The lowest BCUT2D eigenvalue weighted by molar-refractivity contribution is -0.136. The maximum absolute atomic E-state index is 10.1. The Labute approximate surface area is 52.8 Å². The first-order valence-corrected chi connectivity index (χ1v) is 2.73. The molecular weight excluding hydrogens is 122 g/mol. The Kier molecular flexibility index (Phi) is 1.68. The minimum Gasteiger partial charge on any atom is -0.480 e. The monoisotopic (exact) mass is 131 g/mol. The summed E-state index contributed by atoms with van der Waals surface area (Å²) < 4.78 is 4.72. The highest BCUT2D eigenvalue weighted by atomic mass is 16.5. The quantitative estimate of drug-likeness (QED) is 0.485. The van der Waals surface area contributed by atoms with Gasteiger partial charge in [0.05, 0.1) is 12.6 Å². The Morgan fingerprint density at radius 3 is 2.89 bits per heavy atom. The molecule has 52 valence electrons. The van der Waals surface area contributed by atoms with Crippen LogP contribution in [0.1, 0.15) is 0 Å². The van der Waals surface area contributed by atoms with Gasteiger partial charge in [-0.2, -0.15) is 0 Å². The molecule has 9 heavy (non-hydrogen) atoms. The van der Waals surface area contributed by atoms with Crippen LogP contribution >= 0.6 is 0 Å². The lowest BCUT2D eigenvalue weighted by atomic mass is 10.3. The van der Waals surface area contributed by atoms with E-state index in [1.54, 1.807) is 7.11 Å². The maximum Gasteiger partial charge on any atom is 0.322 e. The molecule has 1 fully saturated rings. The Morgan fingerprint density at radius 1 is 1.89 bits per heavy atom. The van der Waals surface area contributed by atoms with Crippen LogP contribution in [0, 0.1) is 0 Å². The summed E-state index contributed by atoms with van der Waals surface area (Å²) >= 11 is 0. The first-order chi connectivity index (χ1) is 4.25. The summed E-state index contributed by atoms with van der Waals surface area (Å²) in [5, 5.41) is 11.1. The number of aliphatic carboxylic acids is 1. The van der Waals surface area contributed by atoms with E-state index in [1.807, 2.05) is 0 Å². The Morgan fingerprint density at radius 2 is 2.56 bits per heavy atom. The molecule has 0 amide bonds. The topological polar surface area (TPSA) is 68.5 Å². The van der Waals surface area contributed by atoms with Gasteiger partial charge >= 0.3 is 5.97 Å². The average Bonchev–Trinajstić information content (AvgIpc) is 2.47. The molecule has 0 bridgehead atoms. The van der Waals surface area contributed by atoms with E-state index >= 15 is 0 Å². The van der Waals surface area contributed by atoms with Crippen LogP contribution < -0.4 is 5.32 Å². The van der Waals surface area contributed by atoms with Gasteiger partial charge in [-0.05, 0) is 0 Å². The lowest BCUT2D eigenvalue weighted by Gasteiger charge is -1.89. The van der Waals surface area contributed by atoms with Crippen molar-refractivity contribution < 1.29 is 14.6 Å². The summed E-state index contributed by atoms with van der Waals surface area (Å²) in [4.78, 5) is 10.1. The van der Waals surface area contributed by atoms with Gasteiger partial charge in [-0.25, -0.2) is 0 Å². The molecule has 0 saturated carbocycles. The van der Waals surface area contributed by atoms with Gasteiger partial charge in [0, 0.05) is 7.11 Å². The highest BCUT2D eigenvalue weighted by Gasteiger charge is 2.42. The molecule has 1 rings (SSSR count). The van der Waals surface area contributed by atoms with Crippen LogP contribution in [-0.2, 0) is 9.53 Å². The summed E-state index contributed by atoms with van der Waals surface area (Å²) in [6.45, 7) is 0.483. The van der Waals surface area contributed by atoms with Gasteiger partial charge in [0.1, 0.15) is 6.04 Å².